The molecule has 3 aliphatic heterocycles. The van der Waals surface area contributed by atoms with Gasteiger partial charge in [0.25, 0.3) is 0 Å². The second kappa shape index (κ2) is 6.36. The van der Waals surface area contributed by atoms with Crippen LogP contribution in [0.2, 0.25) is 0 Å². The van der Waals surface area contributed by atoms with Gasteiger partial charge in [-0.05, 0) is 37.6 Å². The molecule has 138 valence electrons. The zero-order chi connectivity index (χ0) is 17.7. The van der Waals surface area contributed by atoms with Gasteiger partial charge in [-0.3, -0.25) is 0 Å². The molecule has 2 atom stereocenters. The van der Waals surface area contributed by atoms with Gasteiger partial charge >= 0.3 is 0 Å². The molecule has 3 aliphatic rings. The van der Waals surface area contributed by atoms with E-state index in [0.717, 1.165) is 26.2 Å². The van der Waals surface area contributed by atoms with Gasteiger partial charge in [0.2, 0.25) is 0 Å². The fourth-order valence-electron chi connectivity index (χ4n) is 5.19. The summed E-state index contributed by atoms with van der Waals surface area (Å²) in [5.41, 5.74) is 3.59. The van der Waals surface area contributed by atoms with E-state index in [1.54, 1.807) is 0 Å². The minimum Gasteiger partial charge on any atom is -0.370 e. The fraction of sp³-hybridized carbons (Fsp3) is 0.700. The Bertz CT molecular complexity index is 593. The average molecular weight is 361 g/mol. The van der Waals surface area contributed by atoms with Gasteiger partial charge in [-0.15, -0.1) is 0 Å². The third kappa shape index (κ3) is 3.04. The summed E-state index contributed by atoms with van der Waals surface area (Å²) in [5.74, 6) is 0. The smallest absolute Gasteiger partial charge is 0.0368 e. The number of rotatable bonds is 3. The first kappa shape index (κ1) is 17.5. The van der Waals surface area contributed by atoms with E-state index in [-0.39, 0.29) is 0 Å². The van der Waals surface area contributed by atoms with Crippen molar-refractivity contribution in [1.82, 2.24) is 9.21 Å². The quantitative estimate of drug-likeness (QED) is 0.767. The molecular formula is C20H32N4S. The molecule has 3 heterocycles. The van der Waals surface area contributed by atoms with Crippen molar-refractivity contribution in [3.63, 3.8) is 0 Å². The van der Waals surface area contributed by atoms with Crippen molar-refractivity contribution in [3.05, 3.63) is 24.3 Å². The van der Waals surface area contributed by atoms with Crippen molar-refractivity contribution < 1.29 is 0 Å². The Morgan fingerprint density at radius 2 is 1.24 bits per heavy atom. The largest absolute Gasteiger partial charge is 0.370 e. The van der Waals surface area contributed by atoms with Crippen molar-refractivity contribution in [3.8, 4) is 0 Å². The summed E-state index contributed by atoms with van der Waals surface area (Å²) >= 11 is 1.87. The monoisotopic (exact) mass is 360 g/mol. The van der Waals surface area contributed by atoms with Crippen LogP contribution in [0.4, 0.5) is 11.4 Å². The predicted molar refractivity (Wildman–Crippen MR) is 110 cm³/mol. The molecule has 0 bridgehead atoms. The summed E-state index contributed by atoms with van der Waals surface area (Å²) < 4.78 is 2.45. The molecule has 0 spiro atoms. The van der Waals surface area contributed by atoms with E-state index in [9.17, 15) is 0 Å². The summed E-state index contributed by atoms with van der Waals surface area (Å²) in [6.07, 6.45) is 2.18. The van der Waals surface area contributed by atoms with Crippen molar-refractivity contribution >= 4 is 23.3 Å². The number of hydrogen-bond acceptors (Lipinski definition) is 5. The lowest BCUT2D eigenvalue weighted by Crippen LogP contribution is -2.43. The molecule has 0 radical (unpaired) electrons. The Labute approximate surface area is 157 Å². The highest BCUT2D eigenvalue weighted by Crippen LogP contribution is 2.51. The predicted octanol–water partition coefficient (Wildman–Crippen LogP) is 2.86. The molecule has 0 saturated carbocycles. The van der Waals surface area contributed by atoms with Crippen LogP contribution in [0.5, 0.6) is 0 Å². The first-order valence-electron chi connectivity index (χ1n) is 9.50. The minimum absolute atomic E-state index is 0.411. The van der Waals surface area contributed by atoms with E-state index in [4.69, 9.17) is 0 Å². The molecule has 3 fully saturated rings. The lowest BCUT2D eigenvalue weighted by molar-refractivity contribution is 0.212. The second-order valence-corrected chi connectivity index (χ2v) is 9.65. The Morgan fingerprint density at radius 1 is 0.760 bits per heavy atom. The molecule has 0 N–H and O–H groups in total. The van der Waals surface area contributed by atoms with E-state index in [1.807, 2.05) is 11.9 Å². The third-order valence-electron chi connectivity index (χ3n) is 6.85. The van der Waals surface area contributed by atoms with Gasteiger partial charge in [0.15, 0.2) is 0 Å². The van der Waals surface area contributed by atoms with Gasteiger partial charge in [0, 0.05) is 74.6 Å². The normalized spacial score (nSPS) is 33.9. The lowest BCUT2D eigenvalue weighted by Gasteiger charge is -2.35. The first-order valence-corrected chi connectivity index (χ1v) is 10.7. The summed E-state index contributed by atoms with van der Waals surface area (Å²) in [7, 11) is 2.27. The fourth-order valence-corrected chi connectivity index (χ4v) is 5.72. The summed E-state index contributed by atoms with van der Waals surface area (Å²) in [6, 6.07) is 9.34. The topological polar surface area (TPSA) is 13.0 Å². The first-order chi connectivity index (χ1) is 11.9. The molecule has 0 unspecified atom stereocenters. The van der Waals surface area contributed by atoms with Gasteiger partial charge < -0.3 is 14.7 Å². The number of benzene rings is 1. The number of nitrogens with zero attached hydrogens (tertiary/aromatic N) is 4. The molecule has 4 nitrogen and oxygen atoms in total. The van der Waals surface area contributed by atoms with Crippen molar-refractivity contribution in [2.24, 2.45) is 10.8 Å². The maximum atomic E-state index is 2.61. The van der Waals surface area contributed by atoms with Crippen LogP contribution >= 0.6 is 11.9 Å². The van der Waals surface area contributed by atoms with Crippen LogP contribution in [-0.2, 0) is 0 Å². The van der Waals surface area contributed by atoms with Crippen molar-refractivity contribution in [2.75, 3.05) is 75.5 Å². The molecule has 3 saturated heterocycles. The maximum Gasteiger partial charge on any atom is 0.0368 e. The highest BCUT2D eigenvalue weighted by molar-refractivity contribution is 7.96. The van der Waals surface area contributed by atoms with Crippen LogP contribution in [0.3, 0.4) is 0 Å². The second-order valence-electron chi connectivity index (χ2n) is 8.76. The standard InChI is InChI=1S/C20H32N4S/c1-19-13-21(3)14-20(19,2)16-23(15-19)18-7-5-17(6-8-18)22-9-11-24(25-4)12-10-22/h5-8H,9-16H2,1-4H3/t19-,20+. The zero-order valence-corrected chi connectivity index (χ0v) is 17.0. The molecule has 1 aromatic carbocycles. The number of fused-ring (bicyclic) bond motifs is 1. The van der Waals surface area contributed by atoms with E-state index < -0.39 is 0 Å². The van der Waals surface area contributed by atoms with Crippen LogP contribution in [0, 0.1) is 10.8 Å². The van der Waals surface area contributed by atoms with Gasteiger partial charge in [0.1, 0.15) is 0 Å². The molecule has 0 aromatic heterocycles. The number of hydrogen-bond donors (Lipinski definition) is 0. The minimum atomic E-state index is 0.411. The van der Waals surface area contributed by atoms with Crippen molar-refractivity contribution in [2.45, 2.75) is 13.8 Å². The van der Waals surface area contributed by atoms with Gasteiger partial charge in [-0.2, -0.15) is 0 Å². The van der Waals surface area contributed by atoms with Gasteiger partial charge in [0.05, 0.1) is 0 Å². The highest BCUT2D eigenvalue weighted by atomic mass is 32.2. The van der Waals surface area contributed by atoms with Crippen LogP contribution < -0.4 is 9.80 Å². The van der Waals surface area contributed by atoms with Crippen LogP contribution in [0.15, 0.2) is 24.3 Å². The van der Waals surface area contributed by atoms with E-state index in [1.165, 1.54) is 37.6 Å². The van der Waals surface area contributed by atoms with Crippen molar-refractivity contribution in [1.29, 1.82) is 0 Å². The Balaban J connectivity index is 1.44. The molecule has 0 amide bonds. The third-order valence-corrected chi connectivity index (χ3v) is 7.73. The van der Waals surface area contributed by atoms with E-state index in [0.29, 0.717) is 10.8 Å². The Morgan fingerprint density at radius 3 is 1.72 bits per heavy atom. The van der Waals surface area contributed by atoms with Crippen LogP contribution in [0.25, 0.3) is 0 Å². The summed E-state index contributed by atoms with van der Waals surface area (Å²) in [4.78, 5) is 7.64. The van der Waals surface area contributed by atoms with Crippen LogP contribution in [0.1, 0.15) is 13.8 Å². The average Bonchev–Trinajstić information content (AvgIpc) is 2.97. The molecule has 25 heavy (non-hydrogen) atoms. The van der Waals surface area contributed by atoms with Gasteiger partial charge in [-0.1, -0.05) is 25.8 Å². The SMILES string of the molecule is CSN1CCN(c2ccc(N3C[C@]4(C)CN(C)C[C@]4(C)C3)cc2)CC1. The molecule has 1 aromatic rings. The molecular weight excluding hydrogens is 328 g/mol. The van der Waals surface area contributed by atoms with E-state index in [2.05, 4.69) is 70.4 Å². The molecule has 5 heteroatoms. The summed E-state index contributed by atoms with van der Waals surface area (Å²) in [5, 5.41) is 0. The summed E-state index contributed by atoms with van der Waals surface area (Å²) in [6.45, 7) is 14.3. The van der Waals surface area contributed by atoms with Gasteiger partial charge in [-0.25, -0.2) is 4.31 Å². The molecule has 4 rings (SSSR count). The number of anilines is 2. The zero-order valence-electron chi connectivity index (χ0n) is 16.2. The van der Waals surface area contributed by atoms with E-state index >= 15 is 0 Å². The Kier molecular flexibility index (Phi) is 4.45. The lowest BCUT2D eigenvalue weighted by atomic mass is 9.71. The Hall–Kier alpha value is -0.910. The molecule has 0 aliphatic carbocycles. The maximum absolute atomic E-state index is 2.61. The number of likely N-dealkylation sites (tertiary alicyclic amines) is 1. The number of piperazine rings is 1. The van der Waals surface area contributed by atoms with Crippen LogP contribution in [-0.4, -0.2) is 74.9 Å². The highest BCUT2D eigenvalue weighted by Gasteiger charge is 2.56.